The molecule has 0 aliphatic carbocycles. The van der Waals surface area contributed by atoms with Crippen molar-refractivity contribution < 1.29 is 9.53 Å². The summed E-state index contributed by atoms with van der Waals surface area (Å²) in [5.74, 6) is 0.0856. The molecule has 1 atom stereocenters. The largest absolute Gasteiger partial charge is 0.379 e. The average Bonchev–Trinajstić information content (AvgIpc) is 3.05. The van der Waals surface area contributed by atoms with Gasteiger partial charge in [0.15, 0.2) is 0 Å². The molecular weight excluding hydrogens is 383 g/mol. The van der Waals surface area contributed by atoms with Gasteiger partial charge in [0.25, 0.3) is 5.91 Å². The Kier molecular flexibility index (Phi) is 10.2. The molecule has 144 valence electrons. The predicted molar refractivity (Wildman–Crippen MR) is 105 cm³/mol. The van der Waals surface area contributed by atoms with E-state index in [1.807, 2.05) is 10.3 Å². The van der Waals surface area contributed by atoms with E-state index in [1.165, 1.54) is 17.8 Å². The highest BCUT2D eigenvalue weighted by Gasteiger charge is 2.30. The van der Waals surface area contributed by atoms with Crippen molar-refractivity contribution in [2.24, 2.45) is 5.73 Å². The number of likely N-dealkylation sites (tertiary alicyclic amines) is 1. The maximum atomic E-state index is 12.9. The summed E-state index contributed by atoms with van der Waals surface area (Å²) in [6.45, 7) is 5.91. The van der Waals surface area contributed by atoms with E-state index in [0.29, 0.717) is 18.3 Å². The summed E-state index contributed by atoms with van der Waals surface area (Å²) in [5.41, 5.74) is 6.16. The molecule has 2 saturated heterocycles. The van der Waals surface area contributed by atoms with Gasteiger partial charge in [0.1, 0.15) is 5.69 Å². The van der Waals surface area contributed by atoms with Crippen molar-refractivity contribution in [1.29, 1.82) is 0 Å². The summed E-state index contributed by atoms with van der Waals surface area (Å²) in [7, 11) is 0. The molecule has 0 spiro atoms. The summed E-state index contributed by atoms with van der Waals surface area (Å²) in [4.78, 5) is 21.8. The number of halogens is 2. The molecule has 1 aromatic rings. The van der Waals surface area contributed by atoms with Crippen molar-refractivity contribution in [1.82, 2.24) is 14.8 Å². The van der Waals surface area contributed by atoms with Gasteiger partial charge >= 0.3 is 0 Å². The van der Waals surface area contributed by atoms with E-state index in [1.54, 1.807) is 0 Å². The van der Waals surface area contributed by atoms with Crippen LogP contribution in [0.5, 0.6) is 0 Å². The first-order chi connectivity index (χ1) is 11.3. The summed E-state index contributed by atoms with van der Waals surface area (Å²) >= 11 is 1.54. The van der Waals surface area contributed by atoms with Gasteiger partial charge in [-0.2, -0.15) is 0 Å². The molecule has 0 aromatic carbocycles. The number of piperidine rings is 1. The summed E-state index contributed by atoms with van der Waals surface area (Å²) in [6.07, 6.45) is 4.12. The first kappa shape index (κ1) is 22.6. The van der Waals surface area contributed by atoms with Gasteiger partial charge in [-0.15, -0.1) is 36.2 Å². The van der Waals surface area contributed by atoms with Crippen molar-refractivity contribution in [3.8, 4) is 0 Å². The maximum Gasteiger partial charge on any atom is 0.273 e. The lowest BCUT2D eigenvalue weighted by Gasteiger charge is -2.39. The van der Waals surface area contributed by atoms with Gasteiger partial charge < -0.3 is 15.4 Å². The highest BCUT2D eigenvalue weighted by molar-refractivity contribution is 7.09. The lowest BCUT2D eigenvalue weighted by atomic mass is 10.0. The van der Waals surface area contributed by atoms with E-state index in [4.69, 9.17) is 10.5 Å². The van der Waals surface area contributed by atoms with E-state index in [9.17, 15) is 4.79 Å². The van der Waals surface area contributed by atoms with Crippen LogP contribution in [0.25, 0.3) is 0 Å². The summed E-state index contributed by atoms with van der Waals surface area (Å²) < 4.78 is 5.42. The Morgan fingerprint density at radius 2 is 2.04 bits per heavy atom. The summed E-state index contributed by atoms with van der Waals surface area (Å²) in [6, 6.07) is 0.300. The minimum absolute atomic E-state index is 0. The van der Waals surface area contributed by atoms with Gasteiger partial charge in [-0.05, 0) is 25.8 Å². The first-order valence-electron chi connectivity index (χ1n) is 8.53. The summed E-state index contributed by atoms with van der Waals surface area (Å²) in [5, 5.41) is 2.84. The Balaban J connectivity index is 0.00000156. The lowest BCUT2D eigenvalue weighted by molar-refractivity contribution is 0.0165. The van der Waals surface area contributed by atoms with Crippen molar-refractivity contribution >= 4 is 42.1 Å². The van der Waals surface area contributed by atoms with Gasteiger partial charge in [-0.3, -0.25) is 9.69 Å². The lowest BCUT2D eigenvalue weighted by Crippen LogP contribution is -2.51. The monoisotopic (exact) mass is 410 g/mol. The molecule has 9 heteroatoms. The Labute approximate surface area is 165 Å². The van der Waals surface area contributed by atoms with Crippen LogP contribution in [-0.4, -0.2) is 72.7 Å². The molecule has 2 aliphatic heterocycles. The normalized spacial score (nSPS) is 21.3. The number of carbonyl (C=O) groups excluding carboxylic acids is 1. The molecule has 1 aromatic heterocycles. The second-order valence-electron chi connectivity index (χ2n) is 6.23. The number of carbonyl (C=O) groups is 1. The zero-order valence-corrected chi connectivity index (χ0v) is 16.8. The smallest absolute Gasteiger partial charge is 0.273 e. The van der Waals surface area contributed by atoms with Crippen molar-refractivity contribution in [3.63, 3.8) is 0 Å². The van der Waals surface area contributed by atoms with Crippen molar-refractivity contribution in [2.45, 2.75) is 31.7 Å². The molecule has 0 bridgehead atoms. The molecule has 2 N–H and O–H groups in total. The SMILES string of the molecule is Cl.Cl.NCCc1nc(C(=O)N2CCCCC2CN2CCOCC2)cs1. The molecule has 0 radical (unpaired) electrons. The first-order valence-corrected chi connectivity index (χ1v) is 9.41. The number of thiazole rings is 1. The van der Waals surface area contributed by atoms with E-state index < -0.39 is 0 Å². The highest BCUT2D eigenvalue weighted by atomic mass is 35.5. The van der Waals surface area contributed by atoms with Gasteiger partial charge in [-0.1, -0.05) is 0 Å². The topological polar surface area (TPSA) is 71.7 Å². The van der Waals surface area contributed by atoms with Crippen LogP contribution in [0.3, 0.4) is 0 Å². The fourth-order valence-electron chi connectivity index (χ4n) is 3.33. The van der Waals surface area contributed by atoms with Crippen LogP contribution in [0.15, 0.2) is 5.38 Å². The highest BCUT2D eigenvalue weighted by Crippen LogP contribution is 2.22. The number of hydrogen-bond acceptors (Lipinski definition) is 6. The number of rotatable bonds is 5. The molecule has 3 rings (SSSR count). The molecule has 3 heterocycles. The molecular formula is C16H28Cl2N4O2S. The Bertz CT molecular complexity index is 526. The minimum atomic E-state index is 0. The van der Waals surface area contributed by atoms with Gasteiger partial charge in [-0.25, -0.2) is 4.98 Å². The third-order valence-corrected chi connectivity index (χ3v) is 5.50. The van der Waals surface area contributed by atoms with Crippen LogP contribution in [0.2, 0.25) is 0 Å². The van der Waals surface area contributed by atoms with Crippen molar-refractivity contribution in [2.75, 3.05) is 45.9 Å². The second kappa shape index (κ2) is 11.3. The average molecular weight is 411 g/mol. The number of nitrogens with zero attached hydrogens (tertiary/aromatic N) is 3. The number of amides is 1. The number of nitrogens with two attached hydrogens (primary N) is 1. The number of aromatic nitrogens is 1. The second-order valence-corrected chi connectivity index (χ2v) is 7.17. The van der Waals surface area contributed by atoms with Crippen LogP contribution in [0, 0.1) is 0 Å². The number of morpholine rings is 1. The molecule has 25 heavy (non-hydrogen) atoms. The third-order valence-electron chi connectivity index (χ3n) is 4.59. The molecule has 6 nitrogen and oxygen atoms in total. The fourth-order valence-corrected chi connectivity index (χ4v) is 4.12. The molecule has 0 saturated carbocycles. The zero-order chi connectivity index (χ0) is 16.1. The Morgan fingerprint density at radius 1 is 1.28 bits per heavy atom. The molecule has 2 fully saturated rings. The van der Waals surface area contributed by atoms with E-state index >= 15 is 0 Å². The van der Waals surface area contributed by atoms with Crippen LogP contribution < -0.4 is 5.73 Å². The standard InChI is InChI=1S/C16H26N4O2S.2ClH/c17-5-4-15-18-14(12-23-15)16(21)20-6-2-1-3-13(20)11-19-7-9-22-10-8-19;;/h12-13H,1-11,17H2;2*1H. The van der Waals surface area contributed by atoms with Crippen LogP contribution in [0.1, 0.15) is 34.8 Å². The minimum Gasteiger partial charge on any atom is -0.379 e. The van der Waals surface area contributed by atoms with E-state index in [2.05, 4.69) is 9.88 Å². The maximum absolute atomic E-state index is 12.9. The molecule has 2 aliphatic rings. The predicted octanol–water partition coefficient (Wildman–Crippen LogP) is 1.81. The fraction of sp³-hybridized carbons (Fsp3) is 0.750. The van der Waals surface area contributed by atoms with Gasteiger partial charge in [0.05, 0.1) is 18.2 Å². The number of hydrogen-bond donors (Lipinski definition) is 1. The van der Waals surface area contributed by atoms with Gasteiger partial charge in [0, 0.05) is 44.0 Å². The molecule has 1 unspecified atom stereocenters. The van der Waals surface area contributed by atoms with Crippen molar-refractivity contribution in [3.05, 3.63) is 16.1 Å². The van der Waals surface area contributed by atoms with Crippen LogP contribution >= 0.6 is 36.2 Å². The van der Waals surface area contributed by atoms with E-state index in [0.717, 1.165) is 63.7 Å². The zero-order valence-electron chi connectivity index (χ0n) is 14.4. The quantitative estimate of drug-likeness (QED) is 0.800. The Morgan fingerprint density at radius 3 is 2.76 bits per heavy atom. The van der Waals surface area contributed by atoms with Crippen LogP contribution in [-0.2, 0) is 11.2 Å². The van der Waals surface area contributed by atoms with Gasteiger partial charge in [0.2, 0.25) is 0 Å². The van der Waals surface area contributed by atoms with Crippen LogP contribution in [0.4, 0.5) is 0 Å². The molecule has 1 amide bonds. The van der Waals surface area contributed by atoms with E-state index in [-0.39, 0.29) is 30.7 Å². The number of ether oxygens (including phenoxy) is 1. The third kappa shape index (κ3) is 6.05. The Hall–Kier alpha value is -0.440.